The van der Waals surface area contributed by atoms with E-state index >= 15 is 0 Å². The number of amides is 1. The van der Waals surface area contributed by atoms with Gasteiger partial charge in [0, 0.05) is 18.5 Å². The summed E-state index contributed by atoms with van der Waals surface area (Å²) in [5.74, 6) is 1.36. The maximum Gasteiger partial charge on any atom is 0.224 e. The van der Waals surface area contributed by atoms with Crippen LogP contribution in [-0.2, 0) is 4.79 Å². The van der Waals surface area contributed by atoms with Gasteiger partial charge < -0.3 is 19.5 Å². The van der Waals surface area contributed by atoms with E-state index in [1.807, 2.05) is 6.92 Å². The summed E-state index contributed by atoms with van der Waals surface area (Å²) < 4.78 is 15.7. The Labute approximate surface area is 153 Å². The van der Waals surface area contributed by atoms with Crippen LogP contribution in [0.25, 0.3) is 0 Å². The molecule has 26 heavy (non-hydrogen) atoms. The van der Waals surface area contributed by atoms with Gasteiger partial charge in [-0.1, -0.05) is 0 Å². The summed E-state index contributed by atoms with van der Waals surface area (Å²) in [5, 5.41) is 2.77. The second kappa shape index (κ2) is 9.46. The highest BCUT2D eigenvalue weighted by Gasteiger charge is 2.15. The van der Waals surface area contributed by atoms with Crippen molar-refractivity contribution in [2.45, 2.75) is 19.8 Å². The van der Waals surface area contributed by atoms with Gasteiger partial charge in [-0.05, 0) is 49.4 Å². The molecule has 138 valence electrons. The Balaban J connectivity index is 1.93. The number of hydrogen-bond acceptors (Lipinski definition) is 5. The number of ether oxygens (including phenoxy) is 3. The van der Waals surface area contributed by atoms with Crippen LogP contribution in [-0.4, -0.2) is 32.5 Å². The molecule has 0 atom stereocenters. The Hall–Kier alpha value is -3.02. The zero-order valence-electron chi connectivity index (χ0n) is 15.2. The molecule has 0 aliphatic rings. The van der Waals surface area contributed by atoms with Crippen LogP contribution in [0.4, 0.5) is 5.69 Å². The molecule has 0 aliphatic heterocycles. The molecule has 2 aromatic rings. The second-order valence-electron chi connectivity index (χ2n) is 5.49. The number of Topliss-reactive ketones (excluding diaryl/α,β-unsaturated/α-hetero) is 1. The standard InChI is InChI=1S/C20H23NO5/c1-4-26-15-7-5-14(6-8-15)21-20(23)12-10-18(22)17-13-16(24-2)9-11-19(17)25-3/h5-9,11,13H,4,10,12H2,1-3H3,(H,21,23). The molecule has 2 aromatic carbocycles. The summed E-state index contributed by atoms with van der Waals surface area (Å²) in [6, 6.07) is 12.1. The Morgan fingerprint density at radius 3 is 2.23 bits per heavy atom. The molecule has 0 saturated heterocycles. The molecule has 0 bridgehead atoms. The Morgan fingerprint density at radius 2 is 1.62 bits per heavy atom. The maximum atomic E-state index is 12.4. The van der Waals surface area contributed by atoms with Gasteiger partial charge in [-0.2, -0.15) is 0 Å². The molecule has 1 N–H and O–H groups in total. The van der Waals surface area contributed by atoms with Crippen LogP contribution in [0.2, 0.25) is 0 Å². The number of carbonyl (C=O) groups excluding carboxylic acids is 2. The number of anilines is 1. The van der Waals surface area contributed by atoms with E-state index in [-0.39, 0.29) is 24.5 Å². The second-order valence-corrected chi connectivity index (χ2v) is 5.49. The van der Waals surface area contributed by atoms with E-state index in [0.717, 1.165) is 5.75 Å². The summed E-state index contributed by atoms with van der Waals surface area (Å²) in [6.45, 7) is 2.49. The van der Waals surface area contributed by atoms with Gasteiger partial charge in [0.15, 0.2) is 5.78 Å². The van der Waals surface area contributed by atoms with Gasteiger partial charge in [0.1, 0.15) is 17.2 Å². The fraction of sp³-hybridized carbons (Fsp3) is 0.300. The third-order valence-electron chi connectivity index (χ3n) is 3.74. The molecule has 0 spiro atoms. The normalized spacial score (nSPS) is 10.1. The number of benzene rings is 2. The number of ketones is 1. The van der Waals surface area contributed by atoms with Crippen LogP contribution in [0.5, 0.6) is 17.2 Å². The van der Waals surface area contributed by atoms with Crippen molar-refractivity contribution < 1.29 is 23.8 Å². The lowest BCUT2D eigenvalue weighted by molar-refractivity contribution is -0.116. The molecular formula is C20H23NO5. The van der Waals surface area contributed by atoms with E-state index in [9.17, 15) is 9.59 Å². The van der Waals surface area contributed by atoms with Crippen molar-refractivity contribution in [2.75, 3.05) is 26.1 Å². The van der Waals surface area contributed by atoms with Gasteiger partial charge in [0.25, 0.3) is 0 Å². The highest BCUT2D eigenvalue weighted by Crippen LogP contribution is 2.25. The first-order chi connectivity index (χ1) is 12.6. The first kappa shape index (κ1) is 19.3. The van der Waals surface area contributed by atoms with Crippen molar-refractivity contribution >= 4 is 17.4 Å². The highest BCUT2D eigenvalue weighted by atomic mass is 16.5. The fourth-order valence-corrected chi connectivity index (χ4v) is 2.42. The monoisotopic (exact) mass is 357 g/mol. The summed E-state index contributed by atoms with van der Waals surface area (Å²) >= 11 is 0. The lowest BCUT2D eigenvalue weighted by Gasteiger charge is -2.10. The van der Waals surface area contributed by atoms with Crippen LogP contribution in [0.1, 0.15) is 30.1 Å². The topological polar surface area (TPSA) is 73.9 Å². The van der Waals surface area contributed by atoms with E-state index in [4.69, 9.17) is 14.2 Å². The molecule has 0 radical (unpaired) electrons. The minimum absolute atomic E-state index is 0.0758. The third-order valence-corrected chi connectivity index (χ3v) is 3.74. The van der Waals surface area contributed by atoms with Crippen LogP contribution < -0.4 is 19.5 Å². The number of carbonyl (C=O) groups is 2. The Kier molecular flexibility index (Phi) is 7.02. The van der Waals surface area contributed by atoms with Crippen molar-refractivity contribution in [3.8, 4) is 17.2 Å². The molecule has 2 rings (SSSR count). The smallest absolute Gasteiger partial charge is 0.224 e. The number of nitrogens with one attached hydrogen (secondary N) is 1. The molecule has 0 fully saturated rings. The summed E-state index contributed by atoms with van der Waals surface area (Å²) in [4.78, 5) is 24.5. The van der Waals surface area contributed by atoms with Crippen molar-refractivity contribution in [1.29, 1.82) is 0 Å². The quantitative estimate of drug-likeness (QED) is 0.693. The minimum atomic E-state index is -0.232. The van der Waals surface area contributed by atoms with E-state index in [2.05, 4.69) is 5.32 Å². The van der Waals surface area contributed by atoms with Crippen molar-refractivity contribution in [1.82, 2.24) is 0 Å². The number of hydrogen-bond donors (Lipinski definition) is 1. The molecule has 6 heteroatoms. The van der Waals surface area contributed by atoms with Gasteiger partial charge in [-0.3, -0.25) is 9.59 Å². The van der Waals surface area contributed by atoms with E-state index in [1.165, 1.54) is 14.2 Å². The lowest BCUT2D eigenvalue weighted by Crippen LogP contribution is -2.14. The Morgan fingerprint density at radius 1 is 0.923 bits per heavy atom. The summed E-state index contributed by atoms with van der Waals surface area (Å²) in [5.41, 5.74) is 1.06. The average Bonchev–Trinajstić information content (AvgIpc) is 2.67. The number of methoxy groups -OCH3 is 2. The molecule has 0 heterocycles. The van der Waals surface area contributed by atoms with Crippen LogP contribution in [0, 0.1) is 0 Å². The predicted octanol–water partition coefficient (Wildman–Crippen LogP) is 3.70. The molecular weight excluding hydrogens is 334 g/mol. The van der Waals surface area contributed by atoms with Gasteiger partial charge in [-0.15, -0.1) is 0 Å². The summed E-state index contributed by atoms with van der Waals surface area (Å²) in [7, 11) is 3.03. The van der Waals surface area contributed by atoms with Gasteiger partial charge in [0.05, 0.1) is 26.4 Å². The number of rotatable bonds is 9. The Bertz CT molecular complexity index is 755. The van der Waals surface area contributed by atoms with Gasteiger partial charge >= 0.3 is 0 Å². The molecule has 6 nitrogen and oxygen atoms in total. The lowest BCUT2D eigenvalue weighted by atomic mass is 10.0. The first-order valence-electron chi connectivity index (χ1n) is 8.35. The van der Waals surface area contributed by atoms with Crippen molar-refractivity contribution in [3.63, 3.8) is 0 Å². The first-order valence-corrected chi connectivity index (χ1v) is 8.35. The zero-order chi connectivity index (χ0) is 18.9. The van der Waals surface area contributed by atoms with Gasteiger partial charge in [0.2, 0.25) is 5.91 Å². The van der Waals surface area contributed by atoms with E-state index < -0.39 is 0 Å². The predicted molar refractivity (Wildman–Crippen MR) is 99.4 cm³/mol. The van der Waals surface area contributed by atoms with Crippen LogP contribution in [0.3, 0.4) is 0 Å². The molecule has 0 saturated carbocycles. The van der Waals surface area contributed by atoms with Gasteiger partial charge in [-0.25, -0.2) is 0 Å². The maximum absolute atomic E-state index is 12.4. The molecule has 0 aromatic heterocycles. The average molecular weight is 357 g/mol. The van der Waals surface area contributed by atoms with E-state index in [0.29, 0.717) is 29.4 Å². The molecule has 0 unspecified atom stereocenters. The molecule has 0 aliphatic carbocycles. The zero-order valence-corrected chi connectivity index (χ0v) is 15.2. The highest BCUT2D eigenvalue weighted by molar-refractivity contribution is 6.02. The SMILES string of the molecule is CCOc1ccc(NC(=O)CCC(=O)c2cc(OC)ccc2OC)cc1. The van der Waals surface area contributed by atoms with E-state index in [1.54, 1.807) is 42.5 Å². The summed E-state index contributed by atoms with van der Waals surface area (Å²) in [6.07, 6.45) is 0.152. The van der Waals surface area contributed by atoms with Crippen LogP contribution in [0.15, 0.2) is 42.5 Å². The van der Waals surface area contributed by atoms with Crippen LogP contribution >= 0.6 is 0 Å². The fourth-order valence-electron chi connectivity index (χ4n) is 2.42. The minimum Gasteiger partial charge on any atom is -0.497 e. The third kappa shape index (κ3) is 5.24. The largest absolute Gasteiger partial charge is 0.497 e. The molecule has 1 amide bonds. The van der Waals surface area contributed by atoms with Crippen molar-refractivity contribution in [3.05, 3.63) is 48.0 Å². The van der Waals surface area contributed by atoms with Crippen molar-refractivity contribution in [2.24, 2.45) is 0 Å².